The van der Waals surface area contributed by atoms with E-state index in [9.17, 15) is 4.79 Å². The summed E-state index contributed by atoms with van der Waals surface area (Å²) < 4.78 is 12.4. The van der Waals surface area contributed by atoms with Gasteiger partial charge in [0.1, 0.15) is 5.60 Å². The van der Waals surface area contributed by atoms with Crippen molar-refractivity contribution < 1.29 is 14.3 Å². The summed E-state index contributed by atoms with van der Waals surface area (Å²) in [5, 5.41) is 2.74. The number of carbonyl (C=O) groups excluding carboxylic acids is 1. The van der Waals surface area contributed by atoms with Crippen molar-refractivity contribution in [3.8, 4) is 0 Å². The zero-order chi connectivity index (χ0) is 15.2. The molecular weight excluding hydrogens is 258 g/mol. The van der Waals surface area contributed by atoms with E-state index in [0.717, 1.165) is 5.69 Å². The number of carbonyl (C=O) groups is 1. The highest BCUT2D eigenvalue weighted by atomic mass is 16.6. The zero-order valence-corrected chi connectivity index (χ0v) is 13.0. The summed E-state index contributed by atoms with van der Waals surface area (Å²) >= 11 is 0. The van der Waals surface area contributed by atoms with Crippen LogP contribution in [0.2, 0.25) is 0 Å². The van der Waals surface area contributed by atoms with Crippen molar-refractivity contribution in [2.24, 2.45) is 0 Å². The Morgan fingerprint density at radius 1 is 1.50 bits per heavy atom. The third-order valence-electron chi connectivity index (χ3n) is 2.68. The fourth-order valence-corrected chi connectivity index (χ4v) is 1.85. The standard InChI is InChI=1S/C14H25N3O3/c1-11(9-19-5)17-10-15-8-12(17)6-7-16-13(18)20-14(2,3)4/h8,10-11H,6-7,9H2,1-5H3,(H,16,18). The van der Waals surface area contributed by atoms with Crippen LogP contribution in [0.1, 0.15) is 39.4 Å². The van der Waals surface area contributed by atoms with Crippen LogP contribution < -0.4 is 5.32 Å². The maximum atomic E-state index is 11.5. The molecule has 0 radical (unpaired) electrons. The first-order valence-corrected chi connectivity index (χ1v) is 6.80. The highest BCUT2D eigenvalue weighted by Gasteiger charge is 2.16. The molecule has 0 fully saturated rings. The molecule has 0 aromatic carbocycles. The van der Waals surface area contributed by atoms with E-state index in [1.807, 2.05) is 27.0 Å². The van der Waals surface area contributed by atoms with E-state index < -0.39 is 11.7 Å². The van der Waals surface area contributed by atoms with Gasteiger partial charge in [0.25, 0.3) is 0 Å². The molecule has 0 spiro atoms. The molecule has 0 aliphatic heterocycles. The number of alkyl carbamates (subject to hydrolysis) is 1. The van der Waals surface area contributed by atoms with Gasteiger partial charge >= 0.3 is 6.09 Å². The van der Waals surface area contributed by atoms with Gasteiger partial charge in [0.05, 0.1) is 19.0 Å². The van der Waals surface area contributed by atoms with Crippen LogP contribution in [0.4, 0.5) is 4.79 Å². The molecule has 1 aromatic rings. The summed E-state index contributed by atoms with van der Waals surface area (Å²) in [6.45, 7) is 8.73. The molecule has 0 saturated carbocycles. The second-order valence-electron chi connectivity index (χ2n) is 5.78. The van der Waals surface area contributed by atoms with Crippen molar-refractivity contribution in [2.45, 2.75) is 45.8 Å². The van der Waals surface area contributed by atoms with Gasteiger partial charge in [-0.25, -0.2) is 9.78 Å². The molecule has 1 aromatic heterocycles. The molecule has 6 heteroatoms. The van der Waals surface area contributed by atoms with Crippen LogP contribution in [-0.2, 0) is 15.9 Å². The Morgan fingerprint density at radius 2 is 2.20 bits per heavy atom. The van der Waals surface area contributed by atoms with E-state index in [1.54, 1.807) is 13.4 Å². The highest BCUT2D eigenvalue weighted by molar-refractivity contribution is 5.67. The smallest absolute Gasteiger partial charge is 0.407 e. The first kappa shape index (κ1) is 16.5. The lowest BCUT2D eigenvalue weighted by atomic mass is 10.2. The van der Waals surface area contributed by atoms with Crippen LogP contribution in [0.5, 0.6) is 0 Å². The second kappa shape index (κ2) is 7.28. The van der Waals surface area contributed by atoms with E-state index in [4.69, 9.17) is 9.47 Å². The Hall–Kier alpha value is -1.56. The third-order valence-corrected chi connectivity index (χ3v) is 2.68. The monoisotopic (exact) mass is 283 g/mol. The van der Waals surface area contributed by atoms with Crippen LogP contribution in [0.15, 0.2) is 12.5 Å². The van der Waals surface area contributed by atoms with Gasteiger partial charge in [0.15, 0.2) is 0 Å². The molecule has 1 N–H and O–H groups in total. The molecule has 1 amide bonds. The summed E-state index contributed by atoms with van der Waals surface area (Å²) in [6, 6.07) is 0.221. The molecule has 0 saturated heterocycles. The average molecular weight is 283 g/mol. The molecule has 114 valence electrons. The minimum Gasteiger partial charge on any atom is -0.444 e. The number of imidazole rings is 1. The van der Waals surface area contributed by atoms with E-state index in [1.165, 1.54) is 0 Å². The first-order valence-electron chi connectivity index (χ1n) is 6.80. The van der Waals surface area contributed by atoms with Crippen molar-refractivity contribution >= 4 is 6.09 Å². The Morgan fingerprint density at radius 3 is 2.80 bits per heavy atom. The van der Waals surface area contributed by atoms with Gasteiger partial charge in [-0.3, -0.25) is 0 Å². The third kappa shape index (κ3) is 5.61. The zero-order valence-electron chi connectivity index (χ0n) is 13.0. The number of amides is 1. The normalized spacial score (nSPS) is 13.1. The average Bonchev–Trinajstić information content (AvgIpc) is 2.75. The summed E-state index contributed by atoms with van der Waals surface area (Å²) in [7, 11) is 1.68. The topological polar surface area (TPSA) is 65.4 Å². The summed E-state index contributed by atoms with van der Waals surface area (Å²) in [5.41, 5.74) is 0.587. The molecule has 1 unspecified atom stereocenters. The number of aromatic nitrogens is 2. The summed E-state index contributed by atoms with van der Waals surface area (Å²) in [4.78, 5) is 15.7. The fourth-order valence-electron chi connectivity index (χ4n) is 1.85. The van der Waals surface area contributed by atoms with Crippen LogP contribution >= 0.6 is 0 Å². The number of methoxy groups -OCH3 is 1. The Balaban J connectivity index is 2.43. The van der Waals surface area contributed by atoms with E-state index in [-0.39, 0.29) is 6.04 Å². The number of hydrogen-bond acceptors (Lipinski definition) is 4. The van der Waals surface area contributed by atoms with E-state index in [2.05, 4.69) is 21.8 Å². The number of ether oxygens (including phenoxy) is 2. The summed E-state index contributed by atoms with van der Waals surface area (Å²) in [5.74, 6) is 0. The maximum absolute atomic E-state index is 11.5. The predicted molar refractivity (Wildman–Crippen MR) is 76.8 cm³/mol. The van der Waals surface area contributed by atoms with Crippen molar-refractivity contribution in [1.29, 1.82) is 0 Å². The lowest BCUT2D eigenvalue weighted by molar-refractivity contribution is 0.0528. The number of nitrogens with one attached hydrogen (secondary N) is 1. The lowest BCUT2D eigenvalue weighted by Gasteiger charge is -2.20. The van der Waals surface area contributed by atoms with Gasteiger partial charge < -0.3 is 19.4 Å². The number of hydrogen-bond donors (Lipinski definition) is 1. The minimum absolute atomic E-state index is 0.221. The van der Waals surface area contributed by atoms with Crippen LogP contribution in [-0.4, -0.2) is 41.5 Å². The second-order valence-corrected chi connectivity index (χ2v) is 5.78. The Labute approximate surface area is 120 Å². The molecule has 20 heavy (non-hydrogen) atoms. The van der Waals surface area contributed by atoms with Gasteiger partial charge in [-0.2, -0.15) is 0 Å². The van der Waals surface area contributed by atoms with Crippen LogP contribution in [0.25, 0.3) is 0 Å². The fraction of sp³-hybridized carbons (Fsp3) is 0.714. The van der Waals surface area contributed by atoms with Gasteiger partial charge in [0.2, 0.25) is 0 Å². The van der Waals surface area contributed by atoms with E-state index in [0.29, 0.717) is 19.6 Å². The van der Waals surface area contributed by atoms with Crippen LogP contribution in [0, 0.1) is 0 Å². The summed E-state index contributed by atoms with van der Waals surface area (Å²) in [6.07, 6.45) is 3.90. The lowest BCUT2D eigenvalue weighted by Crippen LogP contribution is -2.33. The molecule has 1 heterocycles. The van der Waals surface area contributed by atoms with Gasteiger partial charge in [0, 0.05) is 32.0 Å². The van der Waals surface area contributed by atoms with Gasteiger partial charge in [-0.1, -0.05) is 0 Å². The molecule has 0 bridgehead atoms. The Kier molecular flexibility index (Phi) is 6.01. The van der Waals surface area contributed by atoms with Crippen molar-refractivity contribution in [3.63, 3.8) is 0 Å². The predicted octanol–water partition coefficient (Wildman–Crippen LogP) is 2.16. The van der Waals surface area contributed by atoms with Crippen molar-refractivity contribution in [2.75, 3.05) is 20.3 Å². The molecule has 6 nitrogen and oxygen atoms in total. The highest BCUT2D eigenvalue weighted by Crippen LogP contribution is 2.11. The quantitative estimate of drug-likeness (QED) is 0.869. The van der Waals surface area contributed by atoms with Crippen LogP contribution in [0.3, 0.4) is 0 Å². The largest absolute Gasteiger partial charge is 0.444 e. The molecule has 1 atom stereocenters. The van der Waals surface area contributed by atoms with Gasteiger partial charge in [-0.05, 0) is 27.7 Å². The van der Waals surface area contributed by atoms with Crippen molar-refractivity contribution in [1.82, 2.24) is 14.9 Å². The Bertz CT molecular complexity index is 424. The molecule has 0 aliphatic carbocycles. The number of nitrogens with zero attached hydrogens (tertiary/aromatic N) is 2. The number of rotatable bonds is 6. The minimum atomic E-state index is -0.473. The molecular formula is C14H25N3O3. The van der Waals surface area contributed by atoms with Crippen molar-refractivity contribution in [3.05, 3.63) is 18.2 Å². The molecule has 0 aliphatic rings. The molecule has 1 rings (SSSR count). The first-order chi connectivity index (χ1) is 9.33. The maximum Gasteiger partial charge on any atom is 0.407 e. The van der Waals surface area contributed by atoms with Gasteiger partial charge in [-0.15, -0.1) is 0 Å². The van der Waals surface area contributed by atoms with E-state index >= 15 is 0 Å². The SMILES string of the molecule is COCC(C)n1cncc1CCNC(=O)OC(C)(C)C.